The summed E-state index contributed by atoms with van der Waals surface area (Å²) in [7, 11) is -2.76. The molecule has 5 heteroatoms. The molecule has 0 aliphatic carbocycles. The van der Waals surface area contributed by atoms with E-state index in [-0.39, 0.29) is 11.1 Å². The maximum absolute atomic E-state index is 11.4. The zero-order valence-corrected chi connectivity index (χ0v) is 10.3. The van der Waals surface area contributed by atoms with Gasteiger partial charge in [0.05, 0.1) is 11.5 Å². The molecule has 0 bridgehead atoms. The van der Waals surface area contributed by atoms with Crippen LogP contribution in [-0.4, -0.2) is 44.1 Å². The molecule has 2 aliphatic rings. The van der Waals surface area contributed by atoms with E-state index >= 15 is 0 Å². The summed E-state index contributed by atoms with van der Waals surface area (Å²) in [4.78, 5) is 0. The minimum absolute atomic E-state index is 0.00701. The van der Waals surface area contributed by atoms with Crippen LogP contribution in [0.4, 0.5) is 0 Å². The molecule has 88 valence electrons. The molecule has 0 aromatic rings. The minimum Gasteiger partial charge on any atom is -0.313 e. The van der Waals surface area contributed by atoms with Crippen molar-refractivity contribution in [1.82, 2.24) is 10.6 Å². The average Bonchev–Trinajstić information content (AvgIpc) is 2.10. The number of hydrogen-bond donors (Lipinski definition) is 2. The lowest BCUT2D eigenvalue weighted by molar-refractivity contribution is 0.158. The second-order valence-electron chi connectivity index (χ2n) is 5.54. The summed E-state index contributed by atoms with van der Waals surface area (Å²) in [5, 5.41) is 7.02. The molecule has 2 heterocycles. The van der Waals surface area contributed by atoms with Gasteiger partial charge in [-0.1, -0.05) is 0 Å². The zero-order valence-electron chi connectivity index (χ0n) is 9.47. The summed E-state index contributed by atoms with van der Waals surface area (Å²) in [6, 6.07) is 0. The number of nitrogens with one attached hydrogen (secondary N) is 2. The Hall–Kier alpha value is -0.130. The van der Waals surface area contributed by atoms with Gasteiger partial charge in [0.1, 0.15) is 9.84 Å². The number of hydrogen-bond acceptors (Lipinski definition) is 4. The van der Waals surface area contributed by atoms with E-state index in [9.17, 15) is 8.42 Å². The Balaban J connectivity index is 2.09. The molecule has 0 saturated carbocycles. The third-order valence-electron chi connectivity index (χ3n) is 3.42. The fourth-order valence-corrected chi connectivity index (χ4v) is 4.26. The van der Waals surface area contributed by atoms with Crippen molar-refractivity contribution in [3.8, 4) is 0 Å². The van der Waals surface area contributed by atoms with Crippen molar-refractivity contribution < 1.29 is 8.42 Å². The molecule has 0 aromatic carbocycles. The van der Waals surface area contributed by atoms with E-state index < -0.39 is 9.84 Å². The van der Waals surface area contributed by atoms with Gasteiger partial charge in [-0.2, -0.15) is 0 Å². The SMILES string of the molecule is CC1(C)CNCC2(CCS(=O)(=O)CC2)N1. The van der Waals surface area contributed by atoms with Gasteiger partial charge >= 0.3 is 0 Å². The van der Waals surface area contributed by atoms with Crippen LogP contribution in [-0.2, 0) is 9.84 Å². The highest BCUT2D eigenvalue weighted by atomic mass is 32.2. The Morgan fingerprint density at radius 3 is 2.20 bits per heavy atom. The molecule has 2 saturated heterocycles. The molecular formula is C10H20N2O2S. The van der Waals surface area contributed by atoms with Crippen molar-refractivity contribution in [2.75, 3.05) is 24.6 Å². The third kappa shape index (κ3) is 2.52. The van der Waals surface area contributed by atoms with Crippen molar-refractivity contribution in [2.24, 2.45) is 0 Å². The van der Waals surface area contributed by atoms with Gasteiger partial charge in [0.2, 0.25) is 0 Å². The van der Waals surface area contributed by atoms with Gasteiger partial charge in [-0.05, 0) is 26.7 Å². The predicted molar refractivity (Wildman–Crippen MR) is 60.7 cm³/mol. The van der Waals surface area contributed by atoms with Gasteiger partial charge in [-0.3, -0.25) is 0 Å². The second kappa shape index (κ2) is 3.43. The molecule has 2 rings (SSSR count). The summed E-state index contributed by atoms with van der Waals surface area (Å²) in [6.07, 6.45) is 1.48. The normalized spacial score (nSPS) is 32.7. The van der Waals surface area contributed by atoms with E-state index in [1.807, 2.05) is 0 Å². The molecule has 2 fully saturated rings. The van der Waals surface area contributed by atoms with E-state index in [0.29, 0.717) is 11.5 Å². The van der Waals surface area contributed by atoms with Crippen molar-refractivity contribution in [2.45, 2.75) is 37.8 Å². The molecule has 0 unspecified atom stereocenters. The van der Waals surface area contributed by atoms with Gasteiger partial charge in [-0.25, -0.2) is 8.42 Å². The minimum atomic E-state index is -2.76. The summed E-state index contributed by atoms with van der Waals surface area (Å²) in [5.41, 5.74) is 0.0758. The van der Waals surface area contributed by atoms with Crippen molar-refractivity contribution in [1.29, 1.82) is 0 Å². The Bertz CT molecular complexity index is 334. The average molecular weight is 232 g/mol. The lowest BCUT2D eigenvalue weighted by Gasteiger charge is -2.48. The van der Waals surface area contributed by atoms with E-state index in [2.05, 4.69) is 24.5 Å². The highest BCUT2D eigenvalue weighted by molar-refractivity contribution is 7.91. The van der Waals surface area contributed by atoms with Crippen LogP contribution in [0.2, 0.25) is 0 Å². The van der Waals surface area contributed by atoms with Crippen LogP contribution in [0.1, 0.15) is 26.7 Å². The molecule has 0 aromatic heterocycles. The zero-order chi connectivity index (χ0) is 11.2. The van der Waals surface area contributed by atoms with E-state index in [0.717, 1.165) is 25.9 Å². The first kappa shape index (κ1) is 11.4. The predicted octanol–water partition coefficient (Wildman–Crippen LogP) is -0.0948. The molecule has 2 aliphatic heterocycles. The van der Waals surface area contributed by atoms with Crippen LogP contribution < -0.4 is 10.6 Å². The van der Waals surface area contributed by atoms with E-state index in [1.54, 1.807) is 0 Å². The van der Waals surface area contributed by atoms with Gasteiger partial charge in [0, 0.05) is 24.2 Å². The maximum atomic E-state index is 11.4. The molecule has 2 N–H and O–H groups in total. The fraction of sp³-hybridized carbons (Fsp3) is 1.00. The highest BCUT2D eigenvalue weighted by Crippen LogP contribution is 2.28. The maximum Gasteiger partial charge on any atom is 0.150 e. The number of sulfone groups is 1. The monoisotopic (exact) mass is 232 g/mol. The van der Waals surface area contributed by atoms with Gasteiger partial charge in [0.15, 0.2) is 0 Å². The molecule has 4 nitrogen and oxygen atoms in total. The summed E-state index contributed by atoms with van der Waals surface area (Å²) >= 11 is 0. The molecule has 15 heavy (non-hydrogen) atoms. The van der Waals surface area contributed by atoms with Crippen LogP contribution in [0.5, 0.6) is 0 Å². The second-order valence-corrected chi connectivity index (χ2v) is 7.85. The Morgan fingerprint density at radius 2 is 1.67 bits per heavy atom. The van der Waals surface area contributed by atoms with E-state index in [4.69, 9.17) is 0 Å². The molecular weight excluding hydrogens is 212 g/mol. The van der Waals surface area contributed by atoms with Crippen LogP contribution in [0.25, 0.3) is 0 Å². The fourth-order valence-electron chi connectivity index (χ4n) is 2.65. The Kier molecular flexibility index (Phi) is 2.60. The third-order valence-corrected chi connectivity index (χ3v) is 5.07. The summed E-state index contributed by atoms with van der Waals surface area (Å²) in [6.45, 7) is 6.15. The van der Waals surface area contributed by atoms with Gasteiger partial charge in [0.25, 0.3) is 0 Å². The molecule has 0 amide bonds. The number of rotatable bonds is 0. The van der Waals surface area contributed by atoms with Crippen LogP contribution in [0.3, 0.4) is 0 Å². The Morgan fingerprint density at radius 1 is 1.07 bits per heavy atom. The summed E-state index contributed by atoms with van der Waals surface area (Å²) < 4.78 is 22.8. The first-order valence-electron chi connectivity index (χ1n) is 5.53. The first-order chi connectivity index (χ1) is 6.83. The van der Waals surface area contributed by atoms with Crippen molar-refractivity contribution in [3.05, 3.63) is 0 Å². The molecule has 0 atom stereocenters. The topological polar surface area (TPSA) is 58.2 Å². The number of piperazine rings is 1. The molecule has 0 radical (unpaired) electrons. The lowest BCUT2D eigenvalue weighted by atomic mass is 9.85. The largest absolute Gasteiger partial charge is 0.313 e. The van der Waals surface area contributed by atoms with Crippen LogP contribution >= 0.6 is 0 Å². The highest BCUT2D eigenvalue weighted by Gasteiger charge is 2.42. The molecule has 1 spiro atoms. The van der Waals surface area contributed by atoms with Crippen LogP contribution in [0.15, 0.2) is 0 Å². The first-order valence-corrected chi connectivity index (χ1v) is 7.35. The van der Waals surface area contributed by atoms with Crippen molar-refractivity contribution >= 4 is 9.84 Å². The Labute approximate surface area is 91.7 Å². The lowest BCUT2D eigenvalue weighted by Crippen LogP contribution is -2.69. The van der Waals surface area contributed by atoms with Gasteiger partial charge in [-0.15, -0.1) is 0 Å². The van der Waals surface area contributed by atoms with Crippen LogP contribution in [0, 0.1) is 0 Å². The summed E-state index contributed by atoms with van der Waals surface area (Å²) in [5.74, 6) is 0.662. The smallest absolute Gasteiger partial charge is 0.150 e. The van der Waals surface area contributed by atoms with Crippen molar-refractivity contribution in [3.63, 3.8) is 0 Å². The van der Waals surface area contributed by atoms with Gasteiger partial charge < -0.3 is 10.6 Å². The quantitative estimate of drug-likeness (QED) is 0.612. The standard InChI is InChI=1S/C10H20N2O2S/c1-9(2)7-11-8-10(12-9)3-5-15(13,14)6-4-10/h11-12H,3-8H2,1-2H3. The van der Waals surface area contributed by atoms with E-state index in [1.165, 1.54) is 0 Å².